The third kappa shape index (κ3) is 8.00. The molecule has 0 heterocycles. The van der Waals surface area contributed by atoms with Crippen molar-refractivity contribution in [2.75, 3.05) is 20.1 Å². The first-order valence-corrected chi connectivity index (χ1v) is 7.45. The minimum absolute atomic E-state index is 0. The van der Waals surface area contributed by atoms with Crippen molar-refractivity contribution in [1.29, 1.82) is 0 Å². The van der Waals surface area contributed by atoms with Gasteiger partial charge in [-0.1, -0.05) is 19.1 Å². The van der Waals surface area contributed by atoms with Gasteiger partial charge in [-0.25, -0.2) is 0 Å². The fourth-order valence-corrected chi connectivity index (χ4v) is 1.88. The first-order valence-electron chi connectivity index (χ1n) is 7.45. The second-order valence-corrected chi connectivity index (χ2v) is 4.94. The number of hydrogen-bond acceptors (Lipinski definition) is 3. The van der Waals surface area contributed by atoms with Gasteiger partial charge in [-0.05, 0) is 44.1 Å². The Labute approximate surface area is 138 Å². The fourth-order valence-electron chi connectivity index (χ4n) is 1.88. The van der Waals surface area contributed by atoms with Crippen LogP contribution in [0.15, 0.2) is 24.3 Å². The van der Waals surface area contributed by atoms with Crippen LogP contribution in [0.2, 0.25) is 0 Å². The fraction of sp³-hybridized carbons (Fsp3) is 0.500. The SMILES string of the molecule is CCCNC(=O)c1cccc(CNC(=O)CCCNC)c1.Cl. The smallest absolute Gasteiger partial charge is 0.251 e. The Kier molecular flexibility index (Phi) is 11.1. The lowest BCUT2D eigenvalue weighted by atomic mass is 10.1. The number of benzene rings is 1. The van der Waals surface area contributed by atoms with Crippen LogP contribution in [-0.4, -0.2) is 32.0 Å². The minimum Gasteiger partial charge on any atom is -0.352 e. The molecule has 3 N–H and O–H groups in total. The van der Waals surface area contributed by atoms with Gasteiger partial charge in [0, 0.05) is 25.1 Å². The molecule has 6 heteroatoms. The molecular formula is C16H26ClN3O2. The molecule has 2 amide bonds. The van der Waals surface area contributed by atoms with Crippen LogP contribution >= 0.6 is 12.4 Å². The molecule has 0 atom stereocenters. The Morgan fingerprint density at radius 3 is 2.59 bits per heavy atom. The molecule has 0 spiro atoms. The van der Waals surface area contributed by atoms with E-state index < -0.39 is 0 Å². The summed E-state index contributed by atoms with van der Waals surface area (Å²) in [5.74, 6) is -0.0369. The topological polar surface area (TPSA) is 70.2 Å². The Morgan fingerprint density at radius 2 is 1.91 bits per heavy atom. The van der Waals surface area contributed by atoms with Gasteiger partial charge in [0.25, 0.3) is 5.91 Å². The third-order valence-corrected chi connectivity index (χ3v) is 3.05. The van der Waals surface area contributed by atoms with Gasteiger partial charge in [0.15, 0.2) is 0 Å². The number of carbonyl (C=O) groups excluding carboxylic acids is 2. The quantitative estimate of drug-likeness (QED) is 0.606. The zero-order chi connectivity index (χ0) is 15.5. The molecule has 0 aliphatic heterocycles. The predicted octanol–water partition coefficient (Wildman–Crippen LogP) is 1.86. The van der Waals surface area contributed by atoms with Gasteiger partial charge in [0.1, 0.15) is 0 Å². The van der Waals surface area contributed by atoms with Gasteiger partial charge in [-0.15, -0.1) is 12.4 Å². The van der Waals surface area contributed by atoms with E-state index in [0.29, 0.717) is 25.1 Å². The Hall–Kier alpha value is -1.59. The number of hydrogen-bond donors (Lipinski definition) is 3. The zero-order valence-electron chi connectivity index (χ0n) is 13.3. The van der Waals surface area contributed by atoms with E-state index in [1.165, 1.54) is 0 Å². The average Bonchev–Trinajstić information content (AvgIpc) is 2.51. The highest BCUT2D eigenvalue weighted by Crippen LogP contribution is 2.05. The van der Waals surface area contributed by atoms with Crippen molar-refractivity contribution in [2.24, 2.45) is 0 Å². The summed E-state index contributed by atoms with van der Waals surface area (Å²) in [6.45, 7) is 3.97. The highest BCUT2D eigenvalue weighted by molar-refractivity contribution is 5.94. The maximum Gasteiger partial charge on any atom is 0.251 e. The lowest BCUT2D eigenvalue weighted by molar-refractivity contribution is -0.121. The first-order chi connectivity index (χ1) is 10.2. The first kappa shape index (κ1) is 20.4. The normalized spacial score (nSPS) is 9.73. The van der Waals surface area contributed by atoms with E-state index in [1.54, 1.807) is 6.07 Å². The van der Waals surface area contributed by atoms with Gasteiger partial charge >= 0.3 is 0 Å². The molecule has 0 saturated heterocycles. The van der Waals surface area contributed by atoms with Crippen LogP contribution in [0.4, 0.5) is 0 Å². The monoisotopic (exact) mass is 327 g/mol. The number of nitrogens with one attached hydrogen (secondary N) is 3. The van der Waals surface area contributed by atoms with E-state index >= 15 is 0 Å². The van der Waals surface area contributed by atoms with E-state index in [2.05, 4.69) is 16.0 Å². The molecule has 0 unspecified atom stereocenters. The summed E-state index contributed by atoms with van der Waals surface area (Å²) in [6.07, 6.45) is 2.24. The highest BCUT2D eigenvalue weighted by atomic mass is 35.5. The predicted molar refractivity (Wildman–Crippen MR) is 91.3 cm³/mol. The largest absolute Gasteiger partial charge is 0.352 e. The molecule has 1 aromatic rings. The van der Waals surface area contributed by atoms with Gasteiger partial charge in [-0.3, -0.25) is 9.59 Å². The van der Waals surface area contributed by atoms with Crippen LogP contribution in [0, 0.1) is 0 Å². The zero-order valence-corrected chi connectivity index (χ0v) is 14.1. The molecule has 0 bridgehead atoms. The van der Waals surface area contributed by atoms with Crippen molar-refractivity contribution < 1.29 is 9.59 Å². The van der Waals surface area contributed by atoms with E-state index in [0.717, 1.165) is 24.9 Å². The lowest BCUT2D eigenvalue weighted by Gasteiger charge is -2.08. The lowest BCUT2D eigenvalue weighted by Crippen LogP contribution is -2.25. The molecule has 0 fully saturated rings. The Balaban J connectivity index is 0.00000441. The van der Waals surface area contributed by atoms with Gasteiger partial charge in [-0.2, -0.15) is 0 Å². The maximum absolute atomic E-state index is 11.9. The van der Waals surface area contributed by atoms with Crippen molar-refractivity contribution in [3.05, 3.63) is 35.4 Å². The van der Waals surface area contributed by atoms with Crippen LogP contribution < -0.4 is 16.0 Å². The average molecular weight is 328 g/mol. The minimum atomic E-state index is -0.0703. The Bertz CT molecular complexity index is 466. The van der Waals surface area contributed by atoms with Crippen molar-refractivity contribution in [2.45, 2.75) is 32.7 Å². The van der Waals surface area contributed by atoms with Crippen molar-refractivity contribution in [1.82, 2.24) is 16.0 Å². The molecule has 0 radical (unpaired) electrons. The second kappa shape index (κ2) is 12.0. The summed E-state index contributed by atoms with van der Waals surface area (Å²) >= 11 is 0. The summed E-state index contributed by atoms with van der Waals surface area (Å²) in [7, 11) is 1.87. The van der Waals surface area contributed by atoms with E-state index in [4.69, 9.17) is 0 Å². The summed E-state index contributed by atoms with van der Waals surface area (Å²) < 4.78 is 0. The summed E-state index contributed by atoms with van der Waals surface area (Å²) in [5.41, 5.74) is 1.56. The molecule has 22 heavy (non-hydrogen) atoms. The van der Waals surface area contributed by atoms with Crippen LogP contribution in [-0.2, 0) is 11.3 Å². The molecule has 0 aromatic heterocycles. The molecule has 5 nitrogen and oxygen atoms in total. The Morgan fingerprint density at radius 1 is 1.14 bits per heavy atom. The number of rotatable bonds is 9. The van der Waals surface area contributed by atoms with Gasteiger partial charge in [0.2, 0.25) is 5.91 Å². The van der Waals surface area contributed by atoms with Crippen LogP contribution in [0.25, 0.3) is 0 Å². The molecule has 1 aromatic carbocycles. The van der Waals surface area contributed by atoms with E-state index in [1.807, 2.05) is 32.2 Å². The van der Waals surface area contributed by atoms with E-state index in [9.17, 15) is 9.59 Å². The van der Waals surface area contributed by atoms with Crippen molar-refractivity contribution in [3.8, 4) is 0 Å². The number of carbonyl (C=O) groups is 2. The molecule has 124 valence electrons. The molecule has 0 saturated carbocycles. The van der Waals surface area contributed by atoms with Crippen LogP contribution in [0.1, 0.15) is 42.1 Å². The standard InChI is InChI=1S/C16H25N3O2.ClH/c1-3-9-18-16(21)14-7-4-6-13(11-14)12-19-15(20)8-5-10-17-2;/h4,6-7,11,17H,3,5,8-10,12H2,1-2H3,(H,18,21)(H,19,20);1H. The summed E-state index contributed by atoms with van der Waals surface area (Å²) in [6, 6.07) is 7.34. The molecular weight excluding hydrogens is 302 g/mol. The van der Waals surface area contributed by atoms with Gasteiger partial charge < -0.3 is 16.0 Å². The molecule has 1 rings (SSSR count). The summed E-state index contributed by atoms with van der Waals surface area (Å²) in [5, 5.41) is 8.72. The second-order valence-electron chi connectivity index (χ2n) is 4.94. The maximum atomic E-state index is 11.9. The van der Waals surface area contributed by atoms with Crippen molar-refractivity contribution >= 4 is 24.2 Å². The molecule has 0 aliphatic carbocycles. The van der Waals surface area contributed by atoms with Gasteiger partial charge in [0.05, 0.1) is 0 Å². The summed E-state index contributed by atoms with van der Waals surface area (Å²) in [4.78, 5) is 23.5. The number of amides is 2. The number of halogens is 1. The van der Waals surface area contributed by atoms with E-state index in [-0.39, 0.29) is 24.2 Å². The third-order valence-electron chi connectivity index (χ3n) is 3.05. The van der Waals surface area contributed by atoms with Crippen LogP contribution in [0.3, 0.4) is 0 Å². The molecule has 0 aliphatic rings. The van der Waals surface area contributed by atoms with Crippen molar-refractivity contribution in [3.63, 3.8) is 0 Å². The highest BCUT2D eigenvalue weighted by Gasteiger charge is 2.06. The van der Waals surface area contributed by atoms with Crippen LogP contribution in [0.5, 0.6) is 0 Å².